The van der Waals surface area contributed by atoms with Crippen LogP contribution in [0.1, 0.15) is 10.4 Å². The van der Waals surface area contributed by atoms with Crippen LogP contribution in [0, 0.1) is 0 Å². The van der Waals surface area contributed by atoms with Crippen molar-refractivity contribution in [1.29, 1.82) is 0 Å². The summed E-state index contributed by atoms with van der Waals surface area (Å²) in [5.41, 5.74) is 0.976. The molecule has 8 heteroatoms. The maximum absolute atomic E-state index is 12.2. The second kappa shape index (κ2) is 6.84. The average molecular weight is 374 g/mol. The SMILES string of the molecule is O=C(Nc1ccc(-c2nc3ccccc3c(=O)[nH]2)cc1)c1cc(O)[nH]c(=O)c1. The van der Waals surface area contributed by atoms with Gasteiger partial charge in [-0.3, -0.25) is 19.4 Å². The Balaban J connectivity index is 1.60. The van der Waals surface area contributed by atoms with Gasteiger partial charge in [-0.15, -0.1) is 0 Å². The molecular formula is C20H14N4O4. The van der Waals surface area contributed by atoms with Crippen LogP contribution in [0.3, 0.4) is 0 Å². The Morgan fingerprint density at radius 3 is 2.46 bits per heavy atom. The number of hydrogen-bond acceptors (Lipinski definition) is 5. The van der Waals surface area contributed by atoms with Gasteiger partial charge in [0, 0.05) is 23.4 Å². The zero-order valence-electron chi connectivity index (χ0n) is 14.4. The second-order valence-corrected chi connectivity index (χ2v) is 6.08. The molecule has 8 nitrogen and oxygen atoms in total. The predicted octanol–water partition coefficient (Wildman–Crippen LogP) is 2.24. The summed E-state index contributed by atoms with van der Waals surface area (Å²) in [6.45, 7) is 0. The van der Waals surface area contributed by atoms with Crippen LogP contribution < -0.4 is 16.4 Å². The number of amides is 1. The number of benzene rings is 2. The Morgan fingerprint density at radius 2 is 1.71 bits per heavy atom. The van der Waals surface area contributed by atoms with E-state index in [1.807, 2.05) is 6.07 Å². The molecule has 4 aromatic rings. The minimum absolute atomic E-state index is 0.0332. The highest BCUT2D eigenvalue weighted by Gasteiger charge is 2.10. The van der Waals surface area contributed by atoms with Gasteiger partial charge in [-0.25, -0.2) is 4.98 Å². The Kier molecular flexibility index (Phi) is 4.21. The first-order valence-corrected chi connectivity index (χ1v) is 8.34. The highest BCUT2D eigenvalue weighted by Crippen LogP contribution is 2.19. The van der Waals surface area contributed by atoms with Crippen molar-refractivity contribution in [1.82, 2.24) is 15.0 Å². The van der Waals surface area contributed by atoms with Crippen LogP contribution in [0.25, 0.3) is 22.3 Å². The van der Waals surface area contributed by atoms with E-state index in [1.54, 1.807) is 42.5 Å². The van der Waals surface area contributed by atoms with Gasteiger partial charge in [0.25, 0.3) is 17.0 Å². The van der Waals surface area contributed by atoms with Crippen LogP contribution in [-0.4, -0.2) is 26.0 Å². The largest absolute Gasteiger partial charge is 0.494 e. The number of nitrogens with one attached hydrogen (secondary N) is 3. The summed E-state index contributed by atoms with van der Waals surface area (Å²) in [5.74, 6) is -0.508. The lowest BCUT2D eigenvalue weighted by Crippen LogP contribution is -2.15. The summed E-state index contributed by atoms with van der Waals surface area (Å²) in [6, 6.07) is 16.0. The molecule has 0 aliphatic heterocycles. The molecule has 0 saturated carbocycles. The van der Waals surface area contributed by atoms with Crippen molar-refractivity contribution in [3.63, 3.8) is 0 Å². The van der Waals surface area contributed by atoms with Crippen molar-refractivity contribution in [3.8, 4) is 17.3 Å². The Hall–Kier alpha value is -4.20. The van der Waals surface area contributed by atoms with Crippen molar-refractivity contribution in [2.45, 2.75) is 0 Å². The van der Waals surface area contributed by atoms with Crippen molar-refractivity contribution in [2.75, 3.05) is 5.32 Å². The molecule has 0 radical (unpaired) electrons. The van der Waals surface area contributed by atoms with E-state index in [0.717, 1.165) is 12.1 Å². The van der Waals surface area contributed by atoms with E-state index in [1.165, 1.54) is 0 Å². The van der Waals surface area contributed by atoms with E-state index in [9.17, 15) is 19.5 Å². The summed E-state index contributed by atoms with van der Waals surface area (Å²) in [7, 11) is 0. The molecule has 0 aliphatic carbocycles. The number of aromatic hydroxyl groups is 1. The molecule has 0 fully saturated rings. The van der Waals surface area contributed by atoms with E-state index >= 15 is 0 Å². The highest BCUT2D eigenvalue weighted by molar-refractivity contribution is 6.04. The minimum Gasteiger partial charge on any atom is -0.494 e. The van der Waals surface area contributed by atoms with Crippen LogP contribution in [0.5, 0.6) is 5.88 Å². The molecule has 0 spiro atoms. The van der Waals surface area contributed by atoms with Crippen LogP contribution in [0.2, 0.25) is 0 Å². The number of carbonyl (C=O) groups is 1. The normalized spacial score (nSPS) is 10.7. The number of carbonyl (C=O) groups excluding carboxylic acids is 1. The lowest BCUT2D eigenvalue weighted by atomic mass is 10.1. The molecule has 138 valence electrons. The van der Waals surface area contributed by atoms with Crippen LogP contribution in [0.15, 0.2) is 70.3 Å². The number of fused-ring (bicyclic) bond motifs is 1. The zero-order valence-corrected chi connectivity index (χ0v) is 14.4. The highest BCUT2D eigenvalue weighted by atomic mass is 16.3. The molecule has 0 aliphatic rings. The van der Waals surface area contributed by atoms with Gasteiger partial charge in [0.05, 0.1) is 16.5 Å². The fourth-order valence-corrected chi connectivity index (χ4v) is 2.80. The first-order valence-electron chi connectivity index (χ1n) is 8.34. The van der Waals surface area contributed by atoms with Crippen LogP contribution in [-0.2, 0) is 0 Å². The van der Waals surface area contributed by atoms with Gasteiger partial charge in [-0.1, -0.05) is 12.1 Å². The lowest BCUT2D eigenvalue weighted by molar-refractivity contribution is 0.102. The number of pyridine rings is 1. The number of anilines is 1. The van der Waals surface area contributed by atoms with E-state index < -0.39 is 11.5 Å². The molecule has 0 bridgehead atoms. The fraction of sp³-hybridized carbons (Fsp3) is 0. The Morgan fingerprint density at radius 1 is 0.964 bits per heavy atom. The molecule has 0 saturated heterocycles. The van der Waals surface area contributed by atoms with Gasteiger partial charge in [-0.2, -0.15) is 0 Å². The van der Waals surface area contributed by atoms with Crippen molar-refractivity contribution < 1.29 is 9.90 Å². The molecule has 1 amide bonds. The minimum atomic E-state index is -0.577. The van der Waals surface area contributed by atoms with Gasteiger partial charge in [0.2, 0.25) is 0 Å². The molecular weight excluding hydrogens is 360 g/mol. The van der Waals surface area contributed by atoms with Crippen molar-refractivity contribution >= 4 is 22.5 Å². The molecule has 0 atom stereocenters. The third-order valence-corrected chi connectivity index (χ3v) is 4.12. The third kappa shape index (κ3) is 3.38. The Labute approximate surface area is 157 Å². The monoisotopic (exact) mass is 374 g/mol. The lowest BCUT2D eigenvalue weighted by Gasteiger charge is -2.07. The number of aromatic nitrogens is 3. The van der Waals surface area contributed by atoms with Crippen LogP contribution >= 0.6 is 0 Å². The Bertz CT molecular complexity index is 1310. The molecule has 2 aromatic heterocycles. The maximum atomic E-state index is 12.2. The number of nitrogens with zero attached hydrogens (tertiary/aromatic N) is 1. The van der Waals surface area contributed by atoms with Crippen molar-refractivity contribution in [2.24, 2.45) is 0 Å². The summed E-state index contributed by atoms with van der Waals surface area (Å²) >= 11 is 0. The number of para-hydroxylation sites is 1. The third-order valence-electron chi connectivity index (χ3n) is 4.12. The van der Waals surface area contributed by atoms with Crippen molar-refractivity contribution in [3.05, 3.63) is 86.9 Å². The molecule has 4 N–H and O–H groups in total. The second-order valence-electron chi connectivity index (χ2n) is 6.08. The fourth-order valence-electron chi connectivity index (χ4n) is 2.80. The van der Waals surface area contributed by atoms with Gasteiger partial charge < -0.3 is 15.4 Å². The van der Waals surface area contributed by atoms with E-state index in [0.29, 0.717) is 28.0 Å². The number of rotatable bonds is 3. The number of hydrogen-bond donors (Lipinski definition) is 4. The summed E-state index contributed by atoms with van der Waals surface area (Å²) < 4.78 is 0. The van der Waals surface area contributed by atoms with Gasteiger partial charge in [0.1, 0.15) is 5.82 Å². The first-order chi connectivity index (χ1) is 13.5. The average Bonchev–Trinajstić information content (AvgIpc) is 2.68. The molecule has 0 unspecified atom stereocenters. The first kappa shape index (κ1) is 17.2. The predicted molar refractivity (Wildman–Crippen MR) is 104 cm³/mol. The van der Waals surface area contributed by atoms with E-state index in [-0.39, 0.29) is 17.0 Å². The quantitative estimate of drug-likeness (QED) is 0.437. The standard InChI is InChI=1S/C20H14N4O4/c25-16-9-12(10-17(26)23-16)19(27)21-13-7-5-11(6-8-13)18-22-15-4-2-1-3-14(15)20(28)24-18/h1-10H,(H,21,27)(H,22,24,28)(H2,23,25,26). The summed E-state index contributed by atoms with van der Waals surface area (Å²) in [5, 5.41) is 12.5. The van der Waals surface area contributed by atoms with Gasteiger partial charge >= 0.3 is 0 Å². The van der Waals surface area contributed by atoms with E-state index in [2.05, 4.69) is 20.3 Å². The summed E-state index contributed by atoms with van der Waals surface area (Å²) in [6.07, 6.45) is 0. The smallest absolute Gasteiger partial charge is 0.259 e. The molecule has 2 aromatic carbocycles. The number of aromatic amines is 2. The van der Waals surface area contributed by atoms with Gasteiger partial charge in [-0.05, 0) is 36.4 Å². The topological polar surface area (TPSA) is 128 Å². The molecule has 28 heavy (non-hydrogen) atoms. The summed E-state index contributed by atoms with van der Waals surface area (Å²) in [4.78, 5) is 45.1. The zero-order chi connectivity index (χ0) is 19.7. The van der Waals surface area contributed by atoms with Crippen LogP contribution in [0.4, 0.5) is 5.69 Å². The molecule has 2 heterocycles. The number of H-pyrrole nitrogens is 2. The molecule has 4 rings (SSSR count). The van der Waals surface area contributed by atoms with E-state index in [4.69, 9.17) is 0 Å². The van der Waals surface area contributed by atoms with Gasteiger partial charge in [0.15, 0.2) is 5.88 Å². The maximum Gasteiger partial charge on any atom is 0.259 e.